The first kappa shape index (κ1) is 18.5. The largest absolute Gasteiger partial charge is 0.344 e. The molecule has 0 unspecified atom stereocenters. The minimum Gasteiger partial charge on any atom is -0.344 e. The molecule has 0 spiro atoms. The van der Waals surface area contributed by atoms with Crippen LogP contribution in [0.4, 0.5) is 4.39 Å². The molecular formula is C18H17FN6OS2. The molecule has 0 aliphatic rings. The van der Waals surface area contributed by atoms with E-state index in [4.69, 9.17) is 12.2 Å². The van der Waals surface area contributed by atoms with Crippen molar-refractivity contribution < 1.29 is 9.18 Å². The Labute approximate surface area is 168 Å². The summed E-state index contributed by atoms with van der Waals surface area (Å²) in [6.45, 7) is 2.70. The Balaban J connectivity index is 1.55. The van der Waals surface area contributed by atoms with Gasteiger partial charge in [0.05, 0.1) is 23.7 Å². The summed E-state index contributed by atoms with van der Waals surface area (Å²) in [4.78, 5) is 14.1. The van der Waals surface area contributed by atoms with E-state index in [-0.39, 0.29) is 18.3 Å². The number of nitrogens with one attached hydrogen (secondary N) is 2. The third-order valence-electron chi connectivity index (χ3n) is 4.46. The molecule has 0 saturated heterocycles. The van der Waals surface area contributed by atoms with E-state index in [9.17, 15) is 9.18 Å². The average Bonchev–Trinajstić information content (AvgIpc) is 3.33. The van der Waals surface area contributed by atoms with Gasteiger partial charge in [0.2, 0.25) is 0 Å². The van der Waals surface area contributed by atoms with Gasteiger partial charge in [-0.25, -0.2) is 4.39 Å². The molecule has 0 aliphatic heterocycles. The van der Waals surface area contributed by atoms with Crippen molar-refractivity contribution in [2.75, 3.05) is 0 Å². The SMILES string of the molecule is Cc1nn(Cc2ccc(F)cc2)c2sc(C(=O)NCc3n[nH]c(=S)n3C)cc12. The van der Waals surface area contributed by atoms with Crippen molar-refractivity contribution in [1.82, 2.24) is 29.9 Å². The van der Waals surface area contributed by atoms with Crippen molar-refractivity contribution in [2.24, 2.45) is 7.05 Å². The zero-order chi connectivity index (χ0) is 19.8. The summed E-state index contributed by atoms with van der Waals surface area (Å²) in [6, 6.07) is 8.17. The summed E-state index contributed by atoms with van der Waals surface area (Å²) >= 11 is 6.45. The van der Waals surface area contributed by atoms with Crippen LogP contribution < -0.4 is 5.32 Å². The highest BCUT2D eigenvalue weighted by Crippen LogP contribution is 2.29. The lowest BCUT2D eigenvalue weighted by Gasteiger charge is -2.04. The lowest BCUT2D eigenvalue weighted by atomic mass is 10.2. The van der Waals surface area contributed by atoms with Crippen molar-refractivity contribution in [2.45, 2.75) is 20.0 Å². The number of H-pyrrole nitrogens is 1. The van der Waals surface area contributed by atoms with Crippen LogP contribution >= 0.6 is 23.6 Å². The van der Waals surface area contributed by atoms with E-state index in [0.717, 1.165) is 21.5 Å². The Kier molecular flexibility index (Phi) is 4.82. The van der Waals surface area contributed by atoms with Crippen LogP contribution in [0.1, 0.15) is 26.8 Å². The number of carbonyl (C=O) groups is 1. The molecule has 28 heavy (non-hydrogen) atoms. The van der Waals surface area contributed by atoms with Crippen LogP contribution in [0.25, 0.3) is 10.2 Å². The fraction of sp³-hybridized carbons (Fsp3) is 0.222. The van der Waals surface area contributed by atoms with Crippen LogP contribution in [0.2, 0.25) is 0 Å². The number of amides is 1. The molecule has 2 N–H and O–H groups in total. The maximum Gasteiger partial charge on any atom is 0.261 e. The van der Waals surface area contributed by atoms with Crippen LogP contribution in [0, 0.1) is 17.5 Å². The zero-order valence-electron chi connectivity index (χ0n) is 15.2. The molecule has 3 heterocycles. The van der Waals surface area contributed by atoms with E-state index in [0.29, 0.717) is 22.0 Å². The first-order valence-electron chi connectivity index (χ1n) is 8.52. The number of aromatic amines is 1. The smallest absolute Gasteiger partial charge is 0.261 e. The van der Waals surface area contributed by atoms with Gasteiger partial charge in [-0.3, -0.25) is 14.6 Å². The zero-order valence-corrected chi connectivity index (χ0v) is 16.8. The second kappa shape index (κ2) is 7.28. The third kappa shape index (κ3) is 3.48. The number of thiophene rings is 1. The van der Waals surface area contributed by atoms with Gasteiger partial charge in [-0.05, 0) is 42.9 Å². The number of aromatic nitrogens is 5. The standard InChI is InChI=1S/C18H17FN6OS2/c1-10-13-7-14(16(26)20-8-15-21-22-18(27)24(15)2)28-17(13)25(23-10)9-11-3-5-12(19)6-4-11/h3-7H,8-9H2,1-2H3,(H,20,26)(H,22,27). The van der Waals surface area contributed by atoms with Crippen molar-refractivity contribution in [3.05, 3.63) is 62.9 Å². The predicted molar refractivity (Wildman–Crippen MR) is 107 cm³/mol. The molecule has 1 aromatic carbocycles. The van der Waals surface area contributed by atoms with E-state index in [1.165, 1.54) is 23.5 Å². The highest BCUT2D eigenvalue weighted by molar-refractivity contribution is 7.71. The van der Waals surface area contributed by atoms with Crippen LogP contribution in [0.5, 0.6) is 0 Å². The summed E-state index contributed by atoms with van der Waals surface area (Å²) in [5.41, 5.74) is 1.79. The summed E-state index contributed by atoms with van der Waals surface area (Å²) in [7, 11) is 1.79. The Morgan fingerprint density at radius 3 is 2.79 bits per heavy atom. The number of carbonyl (C=O) groups excluding carboxylic acids is 1. The number of fused-ring (bicyclic) bond motifs is 1. The molecule has 0 saturated carbocycles. The third-order valence-corrected chi connectivity index (χ3v) is 5.97. The predicted octanol–water partition coefficient (Wildman–Crippen LogP) is 3.31. The Bertz CT molecular complexity index is 1220. The van der Waals surface area contributed by atoms with Gasteiger partial charge in [-0.1, -0.05) is 12.1 Å². The maximum atomic E-state index is 13.1. The number of rotatable bonds is 5. The summed E-state index contributed by atoms with van der Waals surface area (Å²) in [6.07, 6.45) is 0. The number of aryl methyl sites for hydroxylation is 1. The van der Waals surface area contributed by atoms with Crippen molar-refractivity contribution in [3.63, 3.8) is 0 Å². The Morgan fingerprint density at radius 2 is 2.11 bits per heavy atom. The van der Waals surface area contributed by atoms with Crippen molar-refractivity contribution >= 4 is 39.7 Å². The number of benzene rings is 1. The van der Waals surface area contributed by atoms with Crippen molar-refractivity contribution in [3.8, 4) is 0 Å². The molecule has 4 rings (SSSR count). The average molecular weight is 417 g/mol. The first-order valence-corrected chi connectivity index (χ1v) is 9.74. The minimum absolute atomic E-state index is 0.178. The highest BCUT2D eigenvalue weighted by Gasteiger charge is 2.17. The van der Waals surface area contributed by atoms with Crippen molar-refractivity contribution in [1.29, 1.82) is 0 Å². The Hall–Kier alpha value is -2.85. The molecule has 1 amide bonds. The van der Waals surface area contributed by atoms with Gasteiger partial charge in [0.25, 0.3) is 5.91 Å². The van der Waals surface area contributed by atoms with E-state index >= 15 is 0 Å². The summed E-state index contributed by atoms with van der Waals surface area (Å²) in [5, 5.41) is 15.1. The molecule has 10 heteroatoms. The van der Waals surface area contributed by atoms with Gasteiger partial charge >= 0.3 is 0 Å². The van der Waals surface area contributed by atoms with Gasteiger partial charge in [0.15, 0.2) is 10.6 Å². The molecule has 3 aromatic heterocycles. The van der Waals surface area contributed by atoms with Gasteiger partial charge in [-0.15, -0.1) is 11.3 Å². The molecule has 0 bridgehead atoms. The fourth-order valence-corrected chi connectivity index (χ4v) is 4.11. The normalized spacial score (nSPS) is 11.2. The highest BCUT2D eigenvalue weighted by atomic mass is 32.1. The Morgan fingerprint density at radius 1 is 1.36 bits per heavy atom. The first-order chi connectivity index (χ1) is 13.4. The quantitative estimate of drug-likeness (QED) is 0.489. The maximum absolute atomic E-state index is 13.1. The molecule has 0 atom stereocenters. The summed E-state index contributed by atoms with van der Waals surface area (Å²) < 4.78 is 17.2. The molecule has 7 nitrogen and oxygen atoms in total. The van der Waals surface area contributed by atoms with Crippen LogP contribution in [0.15, 0.2) is 30.3 Å². The van der Waals surface area contributed by atoms with E-state index < -0.39 is 0 Å². The number of hydrogen-bond acceptors (Lipinski definition) is 5. The van der Waals surface area contributed by atoms with Gasteiger partial charge < -0.3 is 9.88 Å². The van der Waals surface area contributed by atoms with E-state index in [1.54, 1.807) is 23.7 Å². The summed E-state index contributed by atoms with van der Waals surface area (Å²) in [5.74, 6) is 0.204. The number of halogens is 1. The lowest BCUT2D eigenvalue weighted by Crippen LogP contribution is -2.23. The number of nitrogens with zero attached hydrogens (tertiary/aromatic N) is 4. The fourth-order valence-electron chi connectivity index (χ4n) is 2.88. The minimum atomic E-state index is -0.269. The second-order valence-corrected chi connectivity index (χ2v) is 7.80. The lowest BCUT2D eigenvalue weighted by molar-refractivity contribution is 0.0953. The number of hydrogen-bond donors (Lipinski definition) is 2. The van der Waals surface area contributed by atoms with Crippen LogP contribution in [-0.2, 0) is 20.1 Å². The van der Waals surface area contributed by atoms with E-state index in [2.05, 4.69) is 20.6 Å². The van der Waals surface area contributed by atoms with Crippen LogP contribution in [-0.4, -0.2) is 30.5 Å². The molecule has 4 aromatic rings. The topological polar surface area (TPSA) is 80.5 Å². The van der Waals surface area contributed by atoms with Crippen LogP contribution in [0.3, 0.4) is 0 Å². The molecule has 0 aliphatic carbocycles. The van der Waals surface area contributed by atoms with Gasteiger partial charge in [0.1, 0.15) is 10.6 Å². The molecule has 0 fully saturated rings. The molecule has 0 radical (unpaired) electrons. The monoisotopic (exact) mass is 416 g/mol. The van der Waals surface area contributed by atoms with Gasteiger partial charge in [0, 0.05) is 12.4 Å². The second-order valence-electron chi connectivity index (χ2n) is 6.39. The molecular weight excluding hydrogens is 399 g/mol. The molecule has 144 valence electrons. The van der Waals surface area contributed by atoms with E-state index in [1.807, 2.05) is 17.7 Å². The van der Waals surface area contributed by atoms with Gasteiger partial charge in [-0.2, -0.15) is 10.2 Å².